The van der Waals surface area contributed by atoms with E-state index in [4.69, 9.17) is 9.41 Å². The molecule has 1 aromatic heterocycles. The van der Waals surface area contributed by atoms with Crippen molar-refractivity contribution in [3.63, 3.8) is 0 Å². The third kappa shape index (κ3) is 6.97. The van der Waals surface area contributed by atoms with Crippen LogP contribution in [0.15, 0.2) is 52.1 Å². The number of aliphatic imine (C=N–C) groups is 1. The van der Waals surface area contributed by atoms with Crippen LogP contribution in [-0.2, 0) is 0 Å². The van der Waals surface area contributed by atoms with Crippen molar-refractivity contribution in [1.82, 2.24) is 15.5 Å². The van der Waals surface area contributed by atoms with Crippen LogP contribution in [0.1, 0.15) is 43.2 Å². The molecule has 1 aliphatic heterocycles. The number of likely N-dealkylation sites (tertiary alicyclic amines) is 1. The lowest BCUT2D eigenvalue weighted by Crippen LogP contribution is -2.40. The summed E-state index contributed by atoms with van der Waals surface area (Å²) < 4.78 is 18.7. The molecular formula is C21H30FIN4O2. The summed E-state index contributed by atoms with van der Waals surface area (Å²) in [5, 5.41) is 16.7. The molecule has 6 nitrogen and oxygen atoms in total. The van der Waals surface area contributed by atoms with Crippen LogP contribution in [0.3, 0.4) is 0 Å². The molecule has 1 aromatic carbocycles. The van der Waals surface area contributed by atoms with Gasteiger partial charge in [0.25, 0.3) is 0 Å². The van der Waals surface area contributed by atoms with Gasteiger partial charge in [0.05, 0.1) is 25.0 Å². The molecule has 29 heavy (non-hydrogen) atoms. The molecule has 8 heteroatoms. The second-order valence-corrected chi connectivity index (χ2v) is 6.94. The van der Waals surface area contributed by atoms with E-state index in [1.165, 1.54) is 25.0 Å². The number of rotatable bonds is 8. The van der Waals surface area contributed by atoms with Gasteiger partial charge in [-0.25, -0.2) is 4.39 Å². The maximum absolute atomic E-state index is 13.0. The average molecular weight is 516 g/mol. The summed E-state index contributed by atoms with van der Waals surface area (Å²) in [7, 11) is 0. The normalized spacial score (nSPS) is 16.9. The SMILES string of the molecule is CCNC(=NCC(c1ccco1)N1CCCC1)NCC(O)c1ccc(F)cc1.I. The first kappa shape index (κ1) is 23.6. The summed E-state index contributed by atoms with van der Waals surface area (Å²) in [6.07, 6.45) is 3.35. The zero-order chi connectivity index (χ0) is 19.8. The molecule has 0 aliphatic carbocycles. The van der Waals surface area contributed by atoms with Gasteiger partial charge in [0.2, 0.25) is 0 Å². The first-order valence-electron chi connectivity index (χ1n) is 9.90. The molecule has 1 saturated heterocycles. The summed E-state index contributed by atoms with van der Waals surface area (Å²) in [5.41, 5.74) is 0.662. The Hall–Kier alpha value is -1.65. The maximum atomic E-state index is 13.0. The number of hydrogen-bond acceptors (Lipinski definition) is 4. The van der Waals surface area contributed by atoms with Gasteiger partial charge in [0, 0.05) is 13.1 Å². The molecule has 2 atom stereocenters. The van der Waals surface area contributed by atoms with Crippen LogP contribution < -0.4 is 10.6 Å². The fourth-order valence-electron chi connectivity index (χ4n) is 3.44. The Balaban J connectivity index is 0.00000300. The molecule has 1 aliphatic rings. The standard InChI is InChI=1S/C21H29FN4O2.HI/c1-2-23-21(25-15-19(27)16-7-9-17(22)10-8-16)24-14-18(20-6-5-13-28-20)26-11-3-4-12-26;/h5-10,13,18-19,27H,2-4,11-12,14-15H2,1H3,(H2,23,24,25);1H. The number of nitrogens with one attached hydrogen (secondary N) is 2. The first-order chi connectivity index (χ1) is 13.7. The zero-order valence-electron chi connectivity index (χ0n) is 16.7. The zero-order valence-corrected chi connectivity index (χ0v) is 19.0. The van der Waals surface area contributed by atoms with Crippen molar-refractivity contribution < 1.29 is 13.9 Å². The summed E-state index contributed by atoms with van der Waals surface area (Å²) in [5.74, 6) is 1.25. The van der Waals surface area contributed by atoms with E-state index >= 15 is 0 Å². The minimum Gasteiger partial charge on any atom is -0.468 e. The predicted octanol–water partition coefficient (Wildman–Crippen LogP) is 3.46. The summed E-state index contributed by atoms with van der Waals surface area (Å²) >= 11 is 0. The van der Waals surface area contributed by atoms with Gasteiger partial charge in [0.15, 0.2) is 5.96 Å². The van der Waals surface area contributed by atoms with Crippen LogP contribution in [0.2, 0.25) is 0 Å². The lowest BCUT2D eigenvalue weighted by Gasteiger charge is -2.24. The van der Waals surface area contributed by atoms with Crippen molar-refractivity contribution in [3.05, 3.63) is 59.8 Å². The van der Waals surface area contributed by atoms with Crippen molar-refractivity contribution in [2.75, 3.05) is 32.7 Å². The molecule has 2 aromatic rings. The molecule has 1 fully saturated rings. The minimum atomic E-state index is -0.746. The number of nitrogens with zero attached hydrogens (tertiary/aromatic N) is 2. The number of benzene rings is 1. The van der Waals surface area contributed by atoms with Gasteiger partial charge in [0.1, 0.15) is 11.6 Å². The summed E-state index contributed by atoms with van der Waals surface area (Å²) in [4.78, 5) is 7.12. The quantitative estimate of drug-likeness (QED) is 0.285. The molecule has 160 valence electrons. The van der Waals surface area contributed by atoms with Crippen LogP contribution >= 0.6 is 24.0 Å². The third-order valence-corrected chi connectivity index (χ3v) is 4.94. The van der Waals surface area contributed by atoms with E-state index in [9.17, 15) is 9.50 Å². The second-order valence-electron chi connectivity index (χ2n) is 6.94. The molecule has 0 radical (unpaired) electrons. The fourth-order valence-corrected chi connectivity index (χ4v) is 3.44. The van der Waals surface area contributed by atoms with Gasteiger partial charge in [-0.3, -0.25) is 9.89 Å². The molecule has 0 bridgehead atoms. The van der Waals surface area contributed by atoms with Crippen LogP contribution in [0, 0.1) is 5.82 Å². The fraction of sp³-hybridized carbons (Fsp3) is 0.476. The molecule has 3 N–H and O–H groups in total. The number of furan rings is 1. The van der Waals surface area contributed by atoms with E-state index < -0.39 is 6.10 Å². The Morgan fingerprint density at radius 3 is 2.55 bits per heavy atom. The molecular weight excluding hydrogens is 486 g/mol. The van der Waals surface area contributed by atoms with Crippen molar-refractivity contribution in [3.8, 4) is 0 Å². The highest BCUT2D eigenvalue weighted by Crippen LogP contribution is 2.25. The maximum Gasteiger partial charge on any atom is 0.191 e. The van der Waals surface area contributed by atoms with Crippen LogP contribution in [-0.4, -0.2) is 48.7 Å². The first-order valence-corrected chi connectivity index (χ1v) is 9.90. The summed E-state index contributed by atoms with van der Waals surface area (Å²) in [6.45, 7) is 5.66. The van der Waals surface area contributed by atoms with Crippen LogP contribution in [0.4, 0.5) is 4.39 Å². The molecule has 3 rings (SSSR count). The number of hydrogen-bond donors (Lipinski definition) is 3. The van der Waals surface area contributed by atoms with Gasteiger partial charge < -0.3 is 20.2 Å². The lowest BCUT2D eigenvalue weighted by molar-refractivity contribution is 0.180. The molecule has 0 spiro atoms. The van der Waals surface area contributed by atoms with E-state index in [0.29, 0.717) is 24.6 Å². The number of guanidine groups is 1. The predicted molar refractivity (Wildman–Crippen MR) is 123 cm³/mol. The van der Waals surface area contributed by atoms with Gasteiger partial charge >= 0.3 is 0 Å². The van der Waals surface area contributed by atoms with E-state index in [0.717, 1.165) is 18.8 Å². The van der Waals surface area contributed by atoms with Crippen LogP contribution in [0.5, 0.6) is 0 Å². The van der Waals surface area contributed by atoms with Gasteiger partial charge in [-0.2, -0.15) is 0 Å². The van der Waals surface area contributed by atoms with Crippen molar-refractivity contribution in [1.29, 1.82) is 0 Å². The second kappa shape index (κ2) is 12.1. The largest absolute Gasteiger partial charge is 0.468 e. The number of halogens is 2. The van der Waals surface area contributed by atoms with E-state index in [2.05, 4.69) is 15.5 Å². The van der Waals surface area contributed by atoms with E-state index in [1.54, 1.807) is 18.4 Å². The highest BCUT2D eigenvalue weighted by Gasteiger charge is 2.25. The molecule has 0 saturated carbocycles. The Morgan fingerprint density at radius 1 is 1.21 bits per heavy atom. The van der Waals surface area contributed by atoms with Gasteiger partial charge in [-0.05, 0) is 62.7 Å². The van der Waals surface area contributed by atoms with Crippen molar-refractivity contribution in [2.45, 2.75) is 31.9 Å². The van der Waals surface area contributed by atoms with Crippen molar-refractivity contribution in [2.24, 2.45) is 4.99 Å². The minimum absolute atomic E-state index is 0. The van der Waals surface area contributed by atoms with Crippen molar-refractivity contribution >= 4 is 29.9 Å². The average Bonchev–Trinajstić information content (AvgIpc) is 3.41. The van der Waals surface area contributed by atoms with Crippen LogP contribution in [0.25, 0.3) is 0 Å². The van der Waals surface area contributed by atoms with E-state index in [-0.39, 0.29) is 42.4 Å². The molecule has 0 amide bonds. The highest BCUT2D eigenvalue weighted by molar-refractivity contribution is 14.0. The smallest absolute Gasteiger partial charge is 0.191 e. The summed E-state index contributed by atoms with van der Waals surface area (Å²) in [6, 6.07) is 9.89. The molecule has 2 unspecified atom stereocenters. The Kier molecular flexibility index (Phi) is 9.89. The Morgan fingerprint density at radius 2 is 1.93 bits per heavy atom. The van der Waals surface area contributed by atoms with Gasteiger partial charge in [-0.1, -0.05) is 12.1 Å². The number of aliphatic hydroxyl groups excluding tert-OH is 1. The Labute approximate surface area is 188 Å². The highest BCUT2D eigenvalue weighted by atomic mass is 127. The topological polar surface area (TPSA) is 73.0 Å². The third-order valence-electron chi connectivity index (χ3n) is 4.94. The van der Waals surface area contributed by atoms with E-state index in [1.807, 2.05) is 19.1 Å². The Bertz CT molecular complexity index is 734. The monoisotopic (exact) mass is 516 g/mol. The molecule has 2 heterocycles. The van der Waals surface area contributed by atoms with Gasteiger partial charge in [-0.15, -0.1) is 24.0 Å². The number of aliphatic hydroxyl groups is 1. The lowest BCUT2D eigenvalue weighted by atomic mass is 10.1.